The van der Waals surface area contributed by atoms with Crippen LogP contribution < -0.4 is 10.6 Å². The maximum atomic E-state index is 7.04. The van der Waals surface area contributed by atoms with Crippen molar-refractivity contribution < 1.29 is 0 Å². The highest BCUT2D eigenvalue weighted by atomic mass is 15.1. The second kappa shape index (κ2) is 8.77. The van der Waals surface area contributed by atoms with Gasteiger partial charge in [-0.2, -0.15) is 0 Å². The Balaban J connectivity index is 1.73. The van der Waals surface area contributed by atoms with E-state index in [1.54, 1.807) is 0 Å². The van der Waals surface area contributed by atoms with Gasteiger partial charge in [-0.1, -0.05) is 32.4 Å². The number of hydrogen-bond donors (Lipinski definition) is 2. The largest absolute Gasteiger partial charge is 0.385 e. The van der Waals surface area contributed by atoms with Crippen LogP contribution in [-0.2, 0) is 0 Å². The van der Waals surface area contributed by atoms with Crippen LogP contribution in [0.25, 0.3) is 4.85 Å². The maximum Gasteiger partial charge on any atom is 0.189 e. The van der Waals surface area contributed by atoms with Gasteiger partial charge >= 0.3 is 0 Å². The highest BCUT2D eigenvalue weighted by Gasteiger charge is 2.26. The van der Waals surface area contributed by atoms with Gasteiger partial charge in [-0.05, 0) is 37.6 Å². The first-order chi connectivity index (χ1) is 10.8. The third-order valence-corrected chi connectivity index (χ3v) is 4.63. The molecule has 1 aliphatic rings. The average Bonchev–Trinajstić information content (AvgIpc) is 2.58. The van der Waals surface area contributed by atoms with E-state index in [-0.39, 0.29) is 0 Å². The topological polar surface area (TPSA) is 31.7 Å². The maximum absolute atomic E-state index is 7.04. The Morgan fingerprint density at radius 2 is 2.18 bits per heavy atom. The fraction of sp³-hybridized carbons (Fsp3) is 0.611. The summed E-state index contributed by atoms with van der Waals surface area (Å²) < 4.78 is 0. The summed E-state index contributed by atoms with van der Waals surface area (Å²) in [6.45, 7) is 17.1. The molecular formula is C18H28N4. The smallest absolute Gasteiger partial charge is 0.189 e. The van der Waals surface area contributed by atoms with Crippen LogP contribution in [0.4, 0.5) is 11.4 Å². The molecule has 4 heteroatoms. The summed E-state index contributed by atoms with van der Waals surface area (Å²) >= 11 is 0. The summed E-state index contributed by atoms with van der Waals surface area (Å²) in [6.07, 6.45) is 2.49. The molecule has 1 aliphatic heterocycles. The van der Waals surface area contributed by atoms with Gasteiger partial charge in [-0.15, -0.1) is 0 Å². The Kier molecular flexibility index (Phi) is 6.70. The van der Waals surface area contributed by atoms with Crippen molar-refractivity contribution in [1.82, 2.24) is 10.2 Å². The van der Waals surface area contributed by atoms with Gasteiger partial charge < -0.3 is 15.5 Å². The number of nitrogens with zero attached hydrogens (tertiary/aromatic N) is 2. The molecule has 0 saturated carbocycles. The number of nitrogens with one attached hydrogen (secondary N) is 2. The van der Waals surface area contributed by atoms with E-state index in [4.69, 9.17) is 6.57 Å². The number of anilines is 1. The monoisotopic (exact) mass is 300 g/mol. The molecule has 4 nitrogen and oxygen atoms in total. The summed E-state index contributed by atoms with van der Waals surface area (Å²) in [5.41, 5.74) is 1.72. The molecule has 22 heavy (non-hydrogen) atoms. The number of piperidine rings is 1. The predicted molar refractivity (Wildman–Crippen MR) is 93.5 cm³/mol. The van der Waals surface area contributed by atoms with Crippen LogP contribution in [0.2, 0.25) is 0 Å². The van der Waals surface area contributed by atoms with Crippen LogP contribution >= 0.6 is 0 Å². The lowest BCUT2D eigenvalue weighted by Crippen LogP contribution is -2.49. The normalized spacial score (nSPS) is 22.2. The minimum Gasteiger partial charge on any atom is -0.385 e. The first-order valence-corrected chi connectivity index (χ1v) is 8.44. The van der Waals surface area contributed by atoms with Crippen molar-refractivity contribution in [2.24, 2.45) is 5.92 Å². The lowest BCUT2D eigenvalue weighted by molar-refractivity contribution is 0.141. The second-order valence-electron chi connectivity index (χ2n) is 6.00. The van der Waals surface area contributed by atoms with E-state index in [0.29, 0.717) is 11.7 Å². The molecule has 0 aromatic heterocycles. The van der Waals surface area contributed by atoms with Gasteiger partial charge in [0, 0.05) is 31.4 Å². The van der Waals surface area contributed by atoms with E-state index in [1.165, 1.54) is 32.5 Å². The Hall–Kier alpha value is -1.57. The van der Waals surface area contributed by atoms with E-state index in [0.717, 1.165) is 24.7 Å². The van der Waals surface area contributed by atoms with Crippen molar-refractivity contribution in [3.63, 3.8) is 0 Å². The molecule has 1 fully saturated rings. The van der Waals surface area contributed by atoms with Gasteiger partial charge in [-0.3, -0.25) is 0 Å². The van der Waals surface area contributed by atoms with Crippen molar-refractivity contribution in [1.29, 1.82) is 0 Å². The molecule has 1 aromatic carbocycles. The van der Waals surface area contributed by atoms with Crippen LogP contribution in [-0.4, -0.2) is 43.7 Å². The van der Waals surface area contributed by atoms with Gasteiger partial charge in [0.25, 0.3) is 0 Å². The molecule has 0 bridgehead atoms. The van der Waals surface area contributed by atoms with Crippen molar-refractivity contribution in [2.45, 2.75) is 32.7 Å². The van der Waals surface area contributed by atoms with E-state index in [9.17, 15) is 0 Å². The SMILES string of the molecule is [C-]#[N+]c1cccc(NCCNC2CCN(CC)CC2CC)c1. The van der Waals surface area contributed by atoms with Crippen molar-refractivity contribution in [3.05, 3.63) is 35.7 Å². The summed E-state index contributed by atoms with van der Waals surface area (Å²) in [6, 6.07) is 8.33. The van der Waals surface area contributed by atoms with Gasteiger partial charge in [0.15, 0.2) is 5.69 Å². The zero-order valence-corrected chi connectivity index (χ0v) is 13.8. The molecule has 2 rings (SSSR count). The van der Waals surface area contributed by atoms with E-state index in [2.05, 4.69) is 34.2 Å². The van der Waals surface area contributed by atoms with Crippen LogP contribution in [0.5, 0.6) is 0 Å². The molecule has 1 heterocycles. The summed E-state index contributed by atoms with van der Waals surface area (Å²) in [5.74, 6) is 0.763. The Bertz CT molecular complexity index is 494. The third-order valence-electron chi connectivity index (χ3n) is 4.63. The Morgan fingerprint density at radius 3 is 2.91 bits per heavy atom. The van der Waals surface area contributed by atoms with Gasteiger partial charge in [0.1, 0.15) is 0 Å². The van der Waals surface area contributed by atoms with Crippen LogP contribution in [0.3, 0.4) is 0 Å². The minimum absolute atomic E-state index is 0.643. The van der Waals surface area contributed by atoms with Crippen LogP contribution in [0.15, 0.2) is 24.3 Å². The molecule has 2 N–H and O–H groups in total. The standard InChI is InChI=1S/C18H28N4/c1-4-15-14-22(5-2)12-9-18(15)21-11-10-20-17-8-6-7-16(13-17)19-3/h6-8,13,15,18,20-21H,4-5,9-12,14H2,1-2H3. The van der Waals surface area contributed by atoms with Crippen LogP contribution in [0, 0.1) is 12.5 Å². The second-order valence-corrected chi connectivity index (χ2v) is 6.00. The average molecular weight is 300 g/mol. The van der Waals surface area contributed by atoms with Crippen molar-refractivity contribution in [2.75, 3.05) is 38.0 Å². The highest BCUT2D eigenvalue weighted by Crippen LogP contribution is 2.20. The first-order valence-electron chi connectivity index (χ1n) is 8.44. The number of hydrogen-bond acceptors (Lipinski definition) is 3. The van der Waals surface area contributed by atoms with Gasteiger partial charge in [0.05, 0.1) is 6.57 Å². The Labute approximate surface area is 134 Å². The molecule has 1 aromatic rings. The summed E-state index contributed by atoms with van der Waals surface area (Å²) in [5, 5.41) is 7.11. The van der Waals surface area contributed by atoms with E-state index >= 15 is 0 Å². The molecule has 0 amide bonds. The van der Waals surface area contributed by atoms with Crippen LogP contribution in [0.1, 0.15) is 26.7 Å². The molecular weight excluding hydrogens is 272 g/mol. The zero-order chi connectivity index (χ0) is 15.8. The molecule has 0 radical (unpaired) electrons. The van der Waals surface area contributed by atoms with Crippen molar-refractivity contribution >= 4 is 11.4 Å². The number of rotatable bonds is 7. The molecule has 2 unspecified atom stereocenters. The quantitative estimate of drug-likeness (QED) is 0.598. The molecule has 1 saturated heterocycles. The lowest BCUT2D eigenvalue weighted by Gasteiger charge is -2.38. The Morgan fingerprint density at radius 1 is 1.32 bits per heavy atom. The molecule has 0 spiro atoms. The third kappa shape index (κ3) is 4.72. The van der Waals surface area contributed by atoms with Gasteiger partial charge in [-0.25, -0.2) is 4.85 Å². The zero-order valence-electron chi connectivity index (χ0n) is 13.8. The van der Waals surface area contributed by atoms with Crippen molar-refractivity contribution in [3.8, 4) is 0 Å². The predicted octanol–water partition coefficient (Wildman–Crippen LogP) is 3.36. The fourth-order valence-electron chi connectivity index (χ4n) is 3.23. The molecule has 2 atom stereocenters. The highest BCUT2D eigenvalue weighted by molar-refractivity contribution is 5.57. The number of likely N-dealkylation sites (tertiary alicyclic amines) is 1. The minimum atomic E-state index is 0.643. The lowest BCUT2D eigenvalue weighted by atomic mass is 9.90. The van der Waals surface area contributed by atoms with E-state index < -0.39 is 0 Å². The van der Waals surface area contributed by atoms with E-state index in [1.807, 2.05) is 24.3 Å². The number of benzene rings is 1. The van der Waals surface area contributed by atoms with Gasteiger partial charge in [0.2, 0.25) is 0 Å². The first kappa shape index (κ1) is 16.8. The summed E-state index contributed by atoms with van der Waals surface area (Å²) in [4.78, 5) is 6.01. The molecule has 0 aliphatic carbocycles. The fourth-order valence-corrected chi connectivity index (χ4v) is 3.23. The summed E-state index contributed by atoms with van der Waals surface area (Å²) in [7, 11) is 0. The molecule has 120 valence electrons.